The Morgan fingerprint density at radius 2 is 1.88 bits per heavy atom. The second kappa shape index (κ2) is 6.22. The molecule has 0 aromatic heterocycles. The zero-order chi connectivity index (χ0) is 13.1. The molecule has 1 aliphatic rings. The fraction of sp³-hybridized carbons (Fsp3) is 1.00. The molecular formula is C16H32O. The fourth-order valence-electron chi connectivity index (χ4n) is 2.96. The number of rotatable bonds is 4. The Hall–Kier alpha value is -0.0400. The minimum atomic E-state index is -0.0708. The Morgan fingerprint density at radius 1 is 1.24 bits per heavy atom. The van der Waals surface area contributed by atoms with Gasteiger partial charge in [0, 0.05) is 0 Å². The van der Waals surface area contributed by atoms with Gasteiger partial charge in [-0.1, -0.05) is 53.9 Å². The van der Waals surface area contributed by atoms with Crippen molar-refractivity contribution in [1.29, 1.82) is 0 Å². The normalized spacial score (nSPS) is 30.0. The highest BCUT2D eigenvalue weighted by Crippen LogP contribution is 2.37. The van der Waals surface area contributed by atoms with E-state index in [2.05, 4.69) is 34.6 Å². The topological polar surface area (TPSA) is 20.2 Å². The van der Waals surface area contributed by atoms with E-state index in [1.807, 2.05) is 0 Å². The standard InChI is InChI=1S/C16H32O/c1-6-13-8-7-9-14(11-13)15(17)10-12(2)16(3,4)5/h12-15,17H,6-11H2,1-5H3. The van der Waals surface area contributed by atoms with Gasteiger partial charge in [0.15, 0.2) is 0 Å². The quantitative estimate of drug-likeness (QED) is 0.759. The predicted molar refractivity (Wildman–Crippen MR) is 75.0 cm³/mol. The first kappa shape index (κ1) is 15.0. The molecule has 0 aromatic rings. The van der Waals surface area contributed by atoms with Crippen LogP contribution in [0.2, 0.25) is 0 Å². The van der Waals surface area contributed by atoms with E-state index < -0.39 is 0 Å². The Balaban J connectivity index is 2.44. The number of hydrogen-bond donors (Lipinski definition) is 1. The van der Waals surface area contributed by atoms with Crippen LogP contribution in [0.5, 0.6) is 0 Å². The average molecular weight is 240 g/mol. The van der Waals surface area contributed by atoms with Crippen molar-refractivity contribution in [2.24, 2.45) is 23.2 Å². The lowest BCUT2D eigenvalue weighted by Gasteiger charge is -2.35. The molecule has 1 saturated carbocycles. The molecule has 1 rings (SSSR count). The molecule has 0 heterocycles. The molecular weight excluding hydrogens is 208 g/mol. The maximum absolute atomic E-state index is 10.4. The van der Waals surface area contributed by atoms with E-state index in [4.69, 9.17) is 0 Å². The number of aliphatic hydroxyl groups excluding tert-OH is 1. The first-order valence-corrected chi connectivity index (χ1v) is 7.52. The molecule has 1 N–H and O–H groups in total. The van der Waals surface area contributed by atoms with Crippen molar-refractivity contribution in [3.63, 3.8) is 0 Å². The Morgan fingerprint density at radius 3 is 2.41 bits per heavy atom. The van der Waals surface area contributed by atoms with Crippen LogP contribution in [0.25, 0.3) is 0 Å². The second-order valence-corrected chi connectivity index (χ2v) is 7.27. The summed E-state index contributed by atoms with van der Waals surface area (Å²) in [7, 11) is 0. The van der Waals surface area contributed by atoms with Crippen LogP contribution in [-0.2, 0) is 0 Å². The lowest BCUT2D eigenvalue weighted by molar-refractivity contribution is 0.0345. The fourth-order valence-corrected chi connectivity index (χ4v) is 2.96. The molecule has 1 aliphatic carbocycles. The Bertz CT molecular complexity index is 216. The van der Waals surface area contributed by atoms with Gasteiger partial charge in [-0.15, -0.1) is 0 Å². The molecule has 4 unspecified atom stereocenters. The van der Waals surface area contributed by atoms with Crippen LogP contribution in [-0.4, -0.2) is 11.2 Å². The van der Waals surface area contributed by atoms with Crippen LogP contribution >= 0.6 is 0 Å². The van der Waals surface area contributed by atoms with Crippen LogP contribution in [0.4, 0.5) is 0 Å². The zero-order valence-electron chi connectivity index (χ0n) is 12.5. The lowest BCUT2D eigenvalue weighted by atomic mass is 9.72. The first-order valence-electron chi connectivity index (χ1n) is 7.52. The van der Waals surface area contributed by atoms with Crippen molar-refractivity contribution in [3.8, 4) is 0 Å². The van der Waals surface area contributed by atoms with Gasteiger partial charge in [0.25, 0.3) is 0 Å². The van der Waals surface area contributed by atoms with Gasteiger partial charge < -0.3 is 5.11 Å². The molecule has 0 saturated heterocycles. The van der Waals surface area contributed by atoms with Crippen LogP contribution in [0, 0.1) is 23.2 Å². The molecule has 0 radical (unpaired) electrons. The van der Waals surface area contributed by atoms with Gasteiger partial charge in [-0.05, 0) is 42.4 Å². The molecule has 0 amide bonds. The highest BCUT2D eigenvalue weighted by Gasteiger charge is 2.30. The second-order valence-electron chi connectivity index (χ2n) is 7.27. The SMILES string of the molecule is CCC1CCCC(C(O)CC(C)C(C)(C)C)C1. The molecule has 1 nitrogen and oxygen atoms in total. The van der Waals surface area contributed by atoms with Crippen molar-refractivity contribution in [2.75, 3.05) is 0 Å². The molecule has 1 fully saturated rings. The third-order valence-corrected chi connectivity index (χ3v) is 5.02. The molecule has 0 spiro atoms. The van der Waals surface area contributed by atoms with Crippen LogP contribution in [0.3, 0.4) is 0 Å². The summed E-state index contributed by atoms with van der Waals surface area (Å²) in [5.74, 6) is 2.03. The minimum absolute atomic E-state index is 0.0708. The predicted octanol–water partition coefficient (Wildman–Crippen LogP) is 4.64. The minimum Gasteiger partial charge on any atom is -0.393 e. The van der Waals surface area contributed by atoms with Crippen LogP contribution < -0.4 is 0 Å². The van der Waals surface area contributed by atoms with Gasteiger partial charge in [0.1, 0.15) is 0 Å². The van der Waals surface area contributed by atoms with E-state index in [9.17, 15) is 5.11 Å². The highest BCUT2D eigenvalue weighted by molar-refractivity contribution is 4.81. The first-order chi connectivity index (χ1) is 7.84. The summed E-state index contributed by atoms with van der Waals surface area (Å²) in [6, 6.07) is 0. The van der Waals surface area contributed by atoms with Gasteiger partial charge in [-0.2, -0.15) is 0 Å². The maximum atomic E-state index is 10.4. The molecule has 0 bridgehead atoms. The summed E-state index contributed by atoms with van der Waals surface area (Å²) >= 11 is 0. The third-order valence-electron chi connectivity index (χ3n) is 5.02. The van der Waals surface area contributed by atoms with Crippen molar-refractivity contribution in [3.05, 3.63) is 0 Å². The smallest absolute Gasteiger partial charge is 0.0571 e. The summed E-state index contributed by atoms with van der Waals surface area (Å²) in [4.78, 5) is 0. The van der Waals surface area contributed by atoms with Gasteiger partial charge in [-0.3, -0.25) is 0 Å². The van der Waals surface area contributed by atoms with E-state index in [-0.39, 0.29) is 6.10 Å². The molecule has 4 atom stereocenters. The van der Waals surface area contributed by atoms with Crippen molar-refractivity contribution in [1.82, 2.24) is 0 Å². The maximum Gasteiger partial charge on any atom is 0.0571 e. The van der Waals surface area contributed by atoms with Gasteiger partial charge in [0.2, 0.25) is 0 Å². The molecule has 102 valence electrons. The molecule has 0 aromatic carbocycles. The summed E-state index contributed by atoms with van der Waals surface area (Å²) in [6.45, 7) is 11.4. The molecule has 0 aliphatic heterocycles. The van der Waals surface area contributed by atoms with Crippen LogP contribution in [0.15, 0.2) is 0 Å². The van der Waals surface area contributed by atoms with Gasteiger partial charge in [0.05, 0.1) is 6.10 Å². The summed E-state index contributed by atoms with van der Waals surface area (Å²) in [6.07, 6.45) is 7.41. The van der Waals surface area contributed by atoms with E-state index in [1.54, 1.807) is 0 Å². The van der Waals surface area contributed by atoms with Gasteiger partial charge >= 0.3 is 0 Å². The molecule has 1 heteroatoms. The van der Waals surface area contributed by atoms with E-state index in [1.165, 1.54) is 32.1 Å². The Labute approximate surface area is 108 Å². The average Bonchev–Trinajstić information content (AvgIpc) is 2.27. The highest BCUT2D eigenvalue weighted by atomic mass is 16.3. The summed E-state index contributed by atoms with van der Waals surface area (Å²) < 4.78 is 0. The van der Waals surface area contributed by atoms with E-state index in [0.29, 0.717) is 17.3 Å². The zero-order valence-corrected chi connectivity index (χ0v) is 12.5. The van der Waals surface area contributed by atoms with Crippen LogP contribution in [0.1, 0.15) is 73.1 Å². The molecule has 17 heavy (non-hydrogen) atoms. The largest absolute Gasteiger partial charge is 0.393 e. The van der Waals surface area contributed by atoms with Gasteiger partial charge in [-0.25, -0.2) is 0 Å². The Kier molecular flexibility index (Phi) is 5.50. The van der Waals surface area contributed by atoms with E-state index >= 15 is 0 Å². The summed E-state index contributed by atoms with van der Waals surface area (Å²) in [5.41, 5.74) is 0.319. The van der Waals surface area contributed by atoms with Crippen molar-refractivity contribution in [2.45, 2.75) is 79.2 Å². The van der Waals surface area contributed by atoms with Crippen molar-refractivity contribution < 1.29 is 5.11 Å². The monoisotopic (exact) mass is 240 g/mol. The number of hydrogen-bond acceptors (Lipinski definition) is 1. The third kappa shape index (κ3) is 4.62. The van der Waals surface area contributed by atoms with E-state index in [0.717, 1.165) is 12.3 Å². The summed E-state index contributed by atoms with van der Waals surface area (Å²) in [5, 5.41) is 10.4. The number of aliphatic hydroxyl groups is 1. The van der Waals surface area contributed by atoms with Crippen molar-refractivity contribution >= 4 is 0 Å². The lowest BCUT2D eigenvalue weighted by Crippen LogP contribution is -2.31.